The van der Waals surface area contributed by atoms with Crippen LogP contribution in [0, 0.1) is 0 Å². The molecule has 0 radical (unpaired) electrons. The predicted octanol–water partition coefficient (Wildman–Crippen LogP) is 1.49. The second-order valence-electron chi connectivity index (χ2n) is 6.41. The van der Waals surface area contributed by atoms with Crippen LogP contribution in [-0.2, 0) is 16.0 Å². The zero-order chi connectivity index (χ0) is 16.2. The highest BCUT2D eigenvalue weighted by molar-refractivity contribution is 7.10. The number of piperidine rings is 1. The van der Waals surface area contributed by atoms with Crippen molar-refractivity contribution < 1.29 is 9.59 Å². The summed E-state index contributed by atoms with van der Waals surface area (Å²) in [5, 5.41) is 5.26. The van der Waals surface area contributed by atoms with E-state index in [0.717, 1.165) is 43.6 Å². The SMILES string of the molecule is CNC1CCCN(C(=O)C2CCCN2C(=O)Cc2cccs2)C1. The molecule has 23 heavy (non-hydrogen) atoms. The molecule has 2 aliphatic rings. The van der Waals surface area contributed by atoms with E-state index in [1.54, 1.807) is 11.3 Å². The third-order valence-corrected chi connectivity index (χ3v) is 5.78. The number of rotatable bonds is 4. The highest BCUT2D eigenvalue weighted by Gasteiger charge is 2.37. The van der Waals surface area contributed by atoms with Gasteiger partial charge in [-0.1, -0.05) is 6.07 Å². The maximum absolute atomic E-state index is 12.9. The number of likely N-dealkylation sites (tertiary alicyclic amines) is 2. The van der Waals surface area contributed by atoms with E-state index in [9.17, 15) is 9.59 Å². The molecule has 126 valence electrons. The first-order chi connectivity index (χ1) is 11.2. The van der Waals surface area contributed by atoms with Crippen LogP contribution in [0.25, 0.3) is 0 Å². The van der Waals surface area contributed by atoms with Crippen molar-refractivity contribution in [2.24, 2.45) is 0 Å². The van der Waals surface area contributed by atoms with Gasteiger partial charge in [0.15, 0.2) is 0 Å². The largest absolute Gasteiger partial charge is 0.339 e. The number of nitrogens with one attached hydrogen (secondary N) is 1. The van der Waals surface area contributed by atoms with Gasteiger partial charge in [0.25, 0.3) is 0 Å². The molecular formula is C17H25N3O2S. The minimum Gasteiger partial charge on any atom is -0.339 e. The zero-order valence-electron chi connectivity index (χ0n) is 13.7. The summed E-state index contributed by atoms with van der Waals surface area (Å²) in [6.07, 6.45) is 4.30. The van der Waals surface area contributed by atoms with Crippen LogP contribution in [0.5, 0.6) is 0 Å². The third kappa shape index (κ3) is 3.75. The maximum Gasteiger partial charge on any atom is 0.245 e. The van der Waals surface area contributed by atoms with Crippen molar-refractivity contribution in [1.29, 1.82) is 0 Å². The van der Waals surface area contributed by atoms with Gasteiger partial charge in [-0.3, -0.25) is 9.59 Å². The Labute approximate surface area is 141 Å². The molecule has 5 nitrogen and oxygen atoms in total. The summed E-state index contributed by atoms with van der Waals surface area (Å²) in [5.74, 6) is 0.229. The molecule has 0 bridgehead atoms. The monoisotopic (exact) mass is 335 g/mol. The van der Waals surface area contributed by atoms with Gasteiger partial charge in [-0.2, -0.15) is 0 Å². The van der Waals surface area contributed by atoms with E-state index >= 15 is 0 Å². The number of carbonyl (C=O) groups excluding carboxylic acids is 2. The minimum atomic E-state index is -0.252. The molecule has 0 aliphatic carbocycles. The zero-order valence-corrected chi connectivity index (χ0v) is 14.5. The predicted molar refractivity (Wildman–Crippen MR) is 91.4 cm³/mol. The maximum atomic E-state index is 12.9. The van der Waals surface area contributed by atoms with E-state index in [0.29, 0.717) is 19.0 Å². The molecule has 2 amide bonds. The van der Waals surface area contributed by atoms with Crippen LogP contribution in [0.15, 0.2) is 17.5 Å². The second-order valence-corrected chi connectivity index (χ2v) is 7.45. The van der Waals surface area contributed by atoms with Crippen molar-refractivity contribution >= 4 is 23.2 Å². The summed E-state index contributed by atoms with van der Waals surface area (Å²) in [7, 11) is 1.95. The molecule has 0 aromatic carbocycles. The molecule has 3 heterocycles. The number of thiophene rings is 1. The molecule has 2 saturated heterocycles. The van der Waals surface area contributed by atoms with Crippen LogP contribution in [0.2, 0.25) is 0 Å². The third-order valence-electron chi connectivity index (χ3n) is 4.91. The molecule has 1 N–H and O–H groups in total. The topological polar surface area (TPSA) is 52.7 Å². The van der Waals surface area contributed by atoms with Crippen LogP contribution in [0.3, 0.4) is 0 Å². The Hall–Kier alpha value is -1.40. The van der Waals surface area contributed by atoms with Gasteiger partial charge in [-0.15, -0.1) is 11.3 Å². The Morgan fingerprint density at radius 2 is 2.13 bits per heavy atom. The molecule has 2 fully saturated rings. The van der Waals surface area contributed by atoms with E-state index in [2.05, 4.69) is 5.32 Å². The Morgan fingerprint density at radius 3 is 2.87 bits per heavy atom. The number of likely N-dealkylation sites (N-methyl/N-ethyl adjacent to an activating group) is 1. The minimum absolute atomic E-state index is 0.0884. The van der Waals surface area contributed by atoms with Crippen molar-refractivity contribution in [3.05, 3.63) is 22.4 Å². The highest BCUT2D eigenvalue weighted by atomic mass is 32.1. The van der Waals surface area contributed by atoms with Gasteiger partial charge in [0.2, 0.25) is 11.8 Å². The van der Waals surface area contributed by atoms with E-state index < -0.39 is 0 Å². The fourth-order valence-electron chi connectivity index (χ4n) is 3.61. The molecule has 1 aromatic rings. The number of hydrogen-bond donors (Lipinski definition) is 1. The van der Waals surface area contributed by atoms with Gasteiger partial charge in [0, 0.05) is 30.6 Å². The van der Waals surface area contributed by atoms with Crippen LogP contribution < -0.4 is 5.32 Å². The standard InChI is InChI=1S/C17H25N3O2S/c1-18-13-5-2-8-19(12-13)17(22)15-7-3-9-20(15)16(21)11-14-6-4-10-23-14/h4,6,10,13,15,18H,2-3,5,7-9,11-12H2,1H3. The summed E-state index contributed by atoms with van der Waals surface area (Å²) >= 11 is 1.60. The lowest BCUT2D eigenvalue weighted by Gasteiger charge is -2.36. The second kappa shape index (κ2) is 7.45. The average Bonchev–Trinajstić information content (AvgIpc) is 3.25. The number of amides is 2. The molecule has 2 unspecified atom stereocenters. The number of carbonyl (C=O) groups is 2. The fourth-order valence-corrected chi connectivity index (χ4v) is 4.31. The molecule has 2 atom stereocenters. The van der Waals surface area contributed by atoms with E-state index in [-0.39, 0.29) is 17.9 Å². The first-order valence-electron chi connectivity index (χ1n) is 8.47. The van der Waals surface area contributed by atoms with E-state index in [1.165, 1.54) is 0 Å². The molecule has 6 heteroatoms. The molecular weight excluding hydrogens is 310 g/mol. The van der Waals surface area contributed by atoms with E-state index in [1.807, 2.05) is 34.4 Å². The van der Waals surface area contributed by atoms with Crippen molar-refractivity contribution in [1.82, 2.24) is 15.1 Å². The van der Waals surface area contributed by atoms with Gasteiger partial charge in [-0.25, -0.2) is 0 Å². The van der Waals surface area contributed by atoms with Crippen molar-refractivity contribution in [3.8, 4) is 0 Å². The lowest BCUT2D eigenvalue weighted by molar-refractivity contribution is -0.144. The first kappa shape index (κ1) is 16.5. The summed E-state index contributed by atoms with van der Waals surface area (Å²) in [5.41, 5.74) is 0. The Balaban J connectivity index is 1.63. The van der Waals surface area contributed by atoms with Gasteiger partial charge in [0.05, 0.1) is 6.42 Å². The quantitative estimate of drug-likeness (QED) is 0.907. The van der Waals surface area contributed by atoms with Crippen molar-refractivity contribution in [2.45, 2.75) is 44.2 Å². The number of hydrogen-bond acceptors (Lipinski definition) is 4. The van der Waals surface area contributed by atoms with Gasteiger partial charge in [-0.05, 0) is 44.2 Å². The molecule has 2 aliphatic heterocycles. The van der Waals surface area contributed by atoms with Crippen molar-refractivity contribution in [3.63, 3.8) is 0 Å². The summed E-state index contributed by atoms with van der Waals surface area (Å²) in [4.78, 5) is 30.3. The van der Waals surface area contributed by atoms with Crippen LogP contribution >= 0.6 is 11.3 Å². The summed E-state index contributed by atoms with van der Waals surface area (Å²) < 4.78 is 0. The highest BCUT2D eigenvalue weighted by Crippen LogP contribution is 2.23. The molecule has 1 aromatic heterocycles. The Bertz CT molecular complexity index is 546. The normalized spacial score (nSPS) is 24.9. The fraction of sp³-hybridized carbons (Fsp3) is 0.647. The van der Waals surface area contributed by atoms with E-state index in [4.69, 9.17) is 0 Å². The first-order valence-corrected chi connectivity index (χ1v) is 9.35. The van der Waals surface area contributed by atoms with Gasteiger partial charge < -0.3 is 15.1 Å². The van der Waals surface area contributed by atoms with Gasteiger partial charge in [0.1, 0.15) is 6.04 Å². The van der Waals surface area contributed by atoms with Crippen LogP contribution in [0.1, 0.15) is 30.6 Å². The van der Waals surface area contributed by atoms with Crippen molar-refractivity contribution in [2.75, 3.05) is 26.7 Å². The number of nitrogens with zero attached hydrogens (tertiary/aromatic N) is 2. The lowest BCUT2D eigenvalue weighted by Crippen LogP contribution is -2.53. The van der Waals surface area contributed by atoms with Crippen LogP contribution in [0.4, 0.5) is 0 Å². The van der Waals surface area contributed by atoms with Gasteiger partial charge >= 0.3 is 0 Å². The molecule has 3 rings (SSSR count). The van der Waals surface area contributed by atoms with Crippen LogP contribution in [-0.4, -0.2) is 60.4 Å². The Morgan fingerprint density at radius 1 is 1.30 bits per heavy atom. The smallest absolute Gasteiger partial charge is 0.245 e. The molecule has 0 spiro atoms. The summed E-state index contributed by atoms with van der Waals surface area (Å²) in [6, 6.07) is 4.07. The Kier molecular flexibility index (Phi) is 5.33. The lowest BCUT2D eigenvalue weighted by atomic mass is 10.0. The summed E-state index contributed by atoms with van der Waals surface area (Å²) in [6.45, 7) is 2.29. The average molecular weight is 335 g/mol. The molecule has 0 saturated carbocycles.